The van der Waals surface area contributed by atoms with Gasteiger partial charge in [0.1, 0.15) is 0 Å². The van der Waals surface area contributed by atoms with E-state index in [1.165, 1.54) is 6.08 Å². The van der Waals surface area contributed by atoms with Crippen LogP contribution < -0.4 is 10.2 Å². The molecule has 1 aromatic heterocycles. The van der Waals surface area contributed by atoms with Crippen molar-refractivity contribution >= 4 is 29.3 Å². The lowest BCUT2D eigenvalue weighted by Gasteiger charge is -2.16. The standard InChI is InChI=1S/C18H17N3O2/c22-17(9-8-14-4-2-10-19-13-14)20-15-5-1-6-16(12-15)21-11-3-7-18(21)23/h1-2,4-6,8-10,12-13H,3,7,11H2,(H,20,22)/b9-8+. The van der Waals surface area contributed by atoms with Crippen LogP contribution in [0.4, 0.5) is 11.4 Å². The molecular formula is C18H17N3O2. The zero-order valence-corrected chi connectivity index (χ0v) is 12.6. The van der Waals surface area contributed by atoms with E-state index in [9.17, 15) is 9.59 Å². The number of hydrogen-bond donors (Lipinski definition) is 1. The molecule has 0 bridgehead atoms. The second kappa shape index (κ2) is 6.87. The Bertz CT molecular complexity index is 741. The first-order valence-electron chi connectivity index (χ1n) is 7.52. The molecule has 0 spiro atoms. The van der Waals surface area contributed by atoms with Crippen LogP contribution in [0.3, 0.4) is 0 Å². The molecule has 0 atom stereocenters. The quantitative estimate of drug-likeness (QED) is 0.884. The van der Waals surface area contributed by atoms with Gasteiger partial charge in [-0.05, 0) is 42.3 Å². The molecule has 0 radical (unpaired) electrons. The van der Waals surface area contributed by atoms with Crippen molar-refractivity contribution in [3.63, 3.8) is 0 Å². The van der Waals surface area contributed by atoms with Crippen LogP contribution >= 0.6 is 0 Å². The Hall–Kier alpha value is -2.95. The van der Waals surface area contributed by atoms with Crippen LogP contribution in [-0.4, -0.2) is 23.3 Å². The number of nitrogens with zero attached hydrogens (tertiary/aromatic N) is 2. The molecule has 1 N–H and O–H groups in total. The van der Waals surface area contributed by atoms with Gasteiger partial charge in [-0.2, -0.15) is 0 Å². The van der Waals surface area contributed by atoms with Crippen molar-refractivity contribution in [1.29, 1.82) is 0 Å². The van der Waals surface area contributed by atoms with Gasteiger partial charge in [0, 0.05) is 42.8 Å². The Morgan fingerprint density at radius 3 is 2.91 bits per heavy atom. The molecule has 0 unspecified atom stereocenters. The lowest BCUT2D eigenvalue weighted by Crippen LogP contribution is -2.23. The summed E-state index contributed by atoms with van der Waals surface area (Å²) in [5.41, 5.74) is 2.35. The smallest absolute Gasteiger partial charge is 0.248 e. The van der Waals surface area contributed by atoms with E-state index < -0.39 is 0 Å². The van der Waals surface area contributed by atoms with Gasteiger partial charge in [-0.25, -0.2) is 0 Å². The van der Waals surface area contributed by atoms with E-state index in [4.69, 9.17) is 0 Å². The highest BCUT2D eigenvalue weighted by molar-refractivity contribution is 6.02. The van der Waals surface area contributed by atoms with Crippen LogP contribution in [0.1, 0.15) is 18.4 Å². The molecule has 116 valence electrons. The maximum absolute atomic E-state index is 12.0. The minimum Gasteiger partial charge on any atom is -0.322 e. The number of carbonyl (C=O) groups excluding carboxylic acids is 2. The summed E-state index contributed by atoms with van der Waals surface area (Å²) in [5.74, 6) is -0.0938. The second-order valence-corrected chi connectivity index (χ2v) is 5.31. The summed E-state index contributed by atoms with van der Waals surface area (Å²) in [7, 11) is 0. The van der Waals surface area contributed by atoms with Crippen molar-refractivity contribution < 1.29 is 9.59 Å². The maximum Gasteiger partial charge on any atom is 0.248 e. The molecule has 3 rings (SSSR count). The summed E-state index contributed by atoms with van der Waals surface area (Å²) in [6.45, 7) is 0.733. The number of hydrogen-bond acceptors (Lipinski definition) is 3. The summed E-state index contributed by atoms with van der Waals surface area (Å²) in [6, 6.07) is 11.0. The normalized spacial score (nSPS) is 14.4. The van der Waals surface area contributed by atoms with Crippen molar-refractivity contribution in [3.8, 4) is 0 Å². The molecule has 2 aromatic rings. The van der Waals surface area contributed by atoms with Gasteiger partial charge in [0.15, 0.2) is 0 Å². The number of rotatable bonds is 4. The minimum atomic E-state index is -0.223. The molecule has 23 heavy (non-hydrogen) atoms. The zero-order valence-electron chi connectivity index (χ0n) is 12.6. The Labute approximate surface area is 134 Å². The van der Waals surface area contributed by atoms with Crippen molar-refractivity contribution in [2.75, 3.05) is 16.8 Å². The molecule has 1 aliphatic rings. The minimum absolute atomic E-state index is 0.130. The maximum atomic E-state index is 12.0. The fraction of sp³-hybridized carbons (Fsp3) is 0.167. The van der Waals surface area contributed by atoms with Crippen molar-refractivity contribution in [1.82, 2.24) is 4.98 Å². The van der Waals surface area contributed by atoms with Gasteiger partial charge in [-0.3, -0.25) is 14.6 Å². The molecule has 5 heteroatoms. The molecule has 0 saturated carbocycles. The third-order valence-corrected chi connectivity index (χ3v) is 3.61. The molecule has 0 aliphatic carbocycles. The lowest BCUT2D eigenvalue weighted by atomic mass is 10.2. The summed E-state index contributed by atoms with van der Waals surface area (Å²) < 4.78 is 0. The van der Waals surface area contributed by atoms with Gasteiger partial charge in [0.25, 0.3) is 0 Å². The first kappa shape index (κ1) is 15.0. The fourth-order valence-corrected chi connectivity index (χ4v) is 2.50. The summed E-state index contributed by atoms with van der Waals surface area (Å²) >= 11 is 0. The number of nitrogens with one attached hydrogen (secondary N) is 1. The zero-order chi connectivity index (χ0) is 16.1. The topological polar surface area (TPSA) is 62.3 Å². The largest absolute Gasteiger partial charge is 0.322 e. The van der Waals surface area contributed by atoms with Gasteiger partial charge in [0.2, 0.25) is 11.8 Å². The predicted octanol–water partition coefficient (Wildman–Crippen LogP) is 2.86. The van der Waals surface area contributed by atoms with Crippen LogP contribution in [0, 0.1) is 0 Å². The summed E-state index contributed by atoms with van der Waals surface area (Å²) in [4.78, 5) is 29.5. The number of aromatic nitrogens is 1. The Morgan fingerprint density at radius 2 is 2.17 bits per heavy atom. The van der Waals surface area contributed by atoms with E-state index in [-0.39, 0.29) is 11.8 Å². The van der Waals surface area contributed by atoms with Crippen molar-refractivity contribution in [2.24, 2.45) is 0 Å². The van der Waals surface area contributed by atoms with Gasteiger partial charge < -0.3 is 10.2 Å². The van der Waals surface area contributed by atoms with E-state index in [0.717, 1.165) is 24.2 Å². The number of carbonyl (C=O) groups is 2. The van der Waals surface area contributed by atoms with Gasteiger partial charge in [0.05, 0.1) is 0 Å². The molecule has 2 heterocycles. The SMILES string of the molecule is O=C(/C=C/c1cccnc1)Nc1cccc(N2CCCC2=O)c1. The second-order valence-electron chi connectivity index (χ2n) is 5.31. The molecule has 1 aliphatic heterocycles. The highest BCUT2D eigenvalue weighted by Crippen LogP contribution is 2.24. The highest BCUT2D eigenvalue weighted by Gasteiger charge is 2.21. The predicted molar refractivity (Wildman–Crippen MR) is 89.9 cm³/mol. The van der Waals surface area contributed by atoms with Crippen LogP contribution in [0.15, 0.2) is 54.9 Å². The monoisotopic (exact) mass is 307 g/mol. The molecule has 1 saturated heterocycles. The Morgan fingerprint density at radius 1 is 1.26 bits per heavy atom. The molecule has 5 nitrogen and oxygen atoms in total. The van der Waals surface area contributed by atoms with Crippen LogP contribution in [0.25, 0.3) is 6.08 Å². The van der Waals surface area contributed by atoms with E-state index in [0.29, 0.717) is 12.1 Å². The molecule has 1 aromatic carbocycles. The third kappa shape index (κ3) is 3.83. The number of anilines is 2. The molecular weight excluding hydrogens is 290 g/mol. The Balaban J connectivity index is 1.67. The third-order valence-electron chi connectivity index (χ3n) is 3.61. The van der Waals surface area contributed by atoms with E-state index in [1.807, 2.05) is 30.3 Å². The average molecular weight is 307 g/mol. The lowest BCUT2D eigenvalue weighted by molar-refractivity contribution is -0.117. The first-order valence-corrected chi connectivity index (χ1v) is 7.52. The average Bonchev–Trinajstić information content (AvgIpc) is 3.00. The van der Waals surface area contributed by atoms with Gasteiger partial charge in [-0.15, -0.1) is 0 Å². The van der Waals surface area contributed by atoms with E-state index >= 15 is 0 Å². The van der Waals surface area contributed by atoms with Crippen LogP contribution in [-0.2, 0) is 9.59 Å². The number of benzene rings is 1. The van der Waals surface area contributed by atoms with Crippen LogP contribution in [0.2, 0.25) is 0 Å². The first-order chi connectivity index (χ1) is 11.2. The van der Waals surface area contributed by atoms with Crippen molar-refractivity contribution in [3.05, 3.63) is 60.4 Å². The Kier molecular flexibility index (Phi) is 4.47. The highest BCUT2D eigenvalue weighted by atomic mass is 16.2. The van der Waals surface area contributed by atoms with Crippen molar-refractivity contribution in [2.45, 2.75) is 12.8 Å². The summed E-state index contributed by atoms with van der Waals surface area (Å²) in [5, 5.41) is 2.81. The fourth-order valence-electron chi connectivity index (χ4n) is 2.50. The van der Waals surface area contributed by atoms with Gasteiger partial charge in [-0.1, -0.05) is 12.1 Å². The summed E-state index contributed by atoms with van der Waals surface area (Å²) in [6.07, 6.45) is 8.00. The van der Waals surface area contributed by atoms with E-state index in [2.05, 4.69) is 10.3 Å². The molecule has 2 amide bonds. The number of pyridine rings is 1. The van der Waals surface area contributed by atoms with Crippen LogP contribution in [0.5, 0.6) is 0 Å². The number of amides is 2. The van der Waals surface area contributed by atoms with Gasteiger partial charge >= 0.3 is 0 Å². The molecule has 1 fully saturated rings. The van der Waals surface area contributed by atoms with E-state index in [1.54, 1.807) is 29.4 Å².